The molecule has 94 valence electrons. The third-order valence-corrected chi connectivity index (χ3v) is 1.92. The molecule has 7 heteroatoms. The summed E-state index contributed by atoms with van der Waals surface area (Å²) < 4.78 is 12.5. The van der Waals surface area contributed by atoms with Gasteiger partial charge in [-0.2, -0.15) is 4.39 Å². The molecule has 0 saturated carbocycles. The van der Waals surface area contributed by atoms with Crippen LogP contribution in [0.25, 0.3) is 0 Å². The topological polar surface area (TPSA) is 79.8 Å². The average molecular weight is 257 g/mol. The van der Waals surface area contributed by atoms with E-state index in [2.05, 4.69) is 37.6 Å². The van der Waals surface area contributed by atoms with E-state index in [4.69, 9.17) is 0 Å². The minimum atomic E-state index is -0.598. The molecule has 2 aromatic rings. The molecule has 2 aromatic heterocycles. The molecule has 0 aliphatic heterocycles. The van der Waals surface area contributed by atoms with Crippen molar-refractivity contribution in [3.05, 3.63) is 48.4 Å². The van der Waals surface area contributed by atoms with Crippen LogP contribution in [0.5, 0.6) is 0 Å². The Balaban J connectivity index is 1.90. The zero-order chi connectivity index (χ0) is 13.5. The van der Waals surface area contributed by atoms with Crippen molar-refractivity contribution in [2.45, 2.75) is 0 Å². The van der Waals surface area contributed by atoms with Crippen molar-refractivity contribution in [1.29, 1.82) is 0 Å². The van der Waals surface area contributed by atoms with Gasteiger partial charge in [0.25, 0.3) is 0 Å². The number of rotatable bonds is 2. The van der Waals surface area contributed by atoms with Gasteiger partial charge in [-0.3, -0.25) is 20.6 Å². The molecule has 6 nitrogen and oxygen atoms in total. The lowest BCUT2D eigenvalue weighted by Gasteiger charge is -2.02. The van der Waals surface area contributed by atoms with Crippen LogP contribution in [-0.2, 0) is 4.79 Å². The van der Waals surface area contributed by atoms with Gasteiger partial charge in [0.2, 0.25) is 5.95 Å². The molecule has 0 fully saturated rings. The van der Waals surface area contributed by atoms with Crippen LogP contribution >= 0.6 is 0 Å². The van der Waals surface area contributed by atoms with Crippen LogP contribution in [0.4, 0.5) is 10.2 Å². The summed E-state index contributed by atoms with van der Waals surface area (Å²) in [5, 5.41) is 0. The summed E-state index contributed by atoms with van der Waals surface area (Å²) in [6.07, 6.45) is 5.67. The number of carbonyl (C=O) groups is 1. The Labute approximate surface area is 108 Å². The fourth-order valence-corrected chi connectivity index (χ4v) is 1.09. The highest BCUT2D eigenvalue weighted by atomic mass is 19.1. The fourth-order valence-electron chi connectivity index (χ4n) is 1.09. The molecule has 2 rings (SSSR count). The molecule has 19 heavy (non-hydrogen) atoms. The molecule has 0 aliphatic carbocycles. The number of nitrogens with zero attached hydrogens (tertiary/aromatic N) is 3. The SMILES string of the molecule is O=C(C#Cc1ccc(F)nc1)NNc1cnccn1. The molecule has 2 heterocycles. The summed E-state index contributed by atoms with van der Waals surface area (Å²) in [6, 6.07) is 2.60. The first-order valence-corrected chi connectivity index (χ1v) is 5.19. The number of carbonyl (C=O) groups excluding carboxylic acids is 1. The fraction of sp³-hybridized carbons (Fsp3) is 0. The number of hydrazine groups is 1. The van der Waals surface area contributed by atoms with Crippen molar-refractivity contribution in [2.75, 3.05) is 5.43 Å². The Bertz CT molecular complexity index is 618. The number of hydrogen-bond donors (Lipinski definition) is 2. The number of aromatic nitrogens is 3. The summed E-state index contributed by atoms with van der Waals surface area (Å²) in [7, 11) is 0. The number of amides is 1. The predicted octanol–water partition coefficient (Wildman–Crippen LogP) is 0.505. The Kier molecular flexibility index (Phi) is 3.97. The molecule has 0 saturated heterocycles. The minimum absolute atomic E-state index is 0.390. The van der Waals surface area contributed by atoms with Crippen molar-refractivity contribution in [2.24, 2.45) is 0 Å². The highest BCUT2D eigenvalue weighted by Crippen LogP contribution is 1.96. The smallest absolute Gasteiger partial charge is 0.280 e. The second-order valence-corrected chi connectivity index (χ2v) is 3.29. The molecular formula is C12H8FN5O. The van der Waals surface area contributed by atoms with Gasteiger partial charge in [-0.1, -0.05) is 5.92 Å². The normalized spacial score (nSPS) is 9.11. The Morgan fingerprint density at radius 2 is 2.11 bits per heavy atom. The monoisotopic (exact) mass is 257 g/mol. The first-order chi connectivity index (χ1) is 9.24. The van der Waals surface area contributed by atoms with Gasteiger partial charge >= 0.3 is 5.91 Å². The van der Waals surface area contributed by atoms with Crippen LogP contribution in [0.15, 0.2) is 36.9 Å². The van der Waals surface area contributed by atoms with Crippen LogP contribution in [0.1, 0.15) is 5.56 Å². The summed E-state index contributed by atoms with van der Waals surface area (Å²) in [6.45, 7) is 0. The second-order valence-electron chi connectivity index (χ2n) is 3.29. The number of halogens is 1. The first kappa shape index (κ1) is 12.4. The summed E-state index contributed by atoms with van der Waals surface area (Å²) >= 11 is 0. The van der Waals surface area contributed by atoms with Gasteiger partial charge in [-0.25, -0.2) is 9.97 Å². The summed E-state index contributed by atoms with van der Waals surface area (Å²) in [4.78, 5) is 22.5. The summed E-state index contributed by atoms with van der Waals surface area (Å²) in [5.41, 5.74) is 5.30. The lowest BCUT2D eigenvalue weighted by atomic mass is 10.3. The van der Waals surface area contributed by atoms with Gasteiger partial charge in [0.05, 0.1) is 6.20 Å². The third kappa shape index (κ3) is 4.05. The van der Waals surface area contributed by atoms with Crippen LogP contribution in [-0.4, -0.2) is 20.9 Å². The van der Waals surface area contributed by atoms with E-state index in [1.807, 2.05) is 0 Å². The molecule has 0 spiro atoms. The lowest BCUT2D eigenvalue weighted by molar-refractivity contribution is -0.115. The quantitative estimate of drug-likeness (QED) is 0.465. The Morgan fingerprint density at radius 3 is 2.79 bits per heavy atom. The van der Waals surface area contributed by atoms with Gasteiger partial charge in [-0.15, -0.1) is 0 Å². The maximum Gasteiger partial charge on any atom is 0.314 e. The van der Waals surface area contributed by atoms with E-state index in [9.17, 15) is 9.18 Å². The predicted molar refractivity (Wildman–Crippen MR) is 64.9 cm³/mol. The van der Waals surface area contributed by atoms with Crippen molar-refractivity contribution >= 4 is 11.7 Å². The molecule has 0 aliphatic rings. The zero-order valence-electron chi connectivity index (χ0n) is 9.59. The minimum Gasteiger partial charge on any atom is -0.280 e. The van der Waals surface area contributed by atoms with Gasteiger partial charge in [-0.05, 0) is 12.1 Å². The molecule has 2 N–H and O–H groups in total. The third-order valence-electron chi connectivity index (χ3n) is 1.92. The molecule has 0 radical (unpaired) electrons. The second kappa shape index (κ2) is 6.07. The molecule has 0 aromatic carbocycles. The van der Waals surface area contributed by atoms with E-state index >= 15 is 0 Å². The summed E-state index contributed by atoms with van der Waals surface area (Å²) in [5.74, 6) is 4.09. The van der Waals surface area contributed by atoms with Crippen molar-refractivity contribution in [3.8, 4) is 11.8 Å². The van der Waals surface area contributed by atoms with E-state index < -0.39 is 11.9 Å². The Hall–Kier alpha value is -3.01. The number of pyridine rings is 1. The van der Waals surface area contributed by atoms with Crippen LogP contribution < -0.4 is 10.9 Å². The number of nitrogens with one attached hydrogen (secondary N) is 2. The largest absolute Gasteiger partial charge is 0.314 e. The molecule has 0 bridgehead atoms. The molecule has 1 amide bonds. The maximum atomic E-state index is 12.5. The van der Waals surface area contributed by atoms with E-state index in [-0.39, 0.29) is 0 Å². The van der Waals surface area contributed by atoms with Crippen molar-refractivity contribution in [1.82, 2.24) is 20.4 Å². The van der Waals surface area contributed by atoms with Crippen LogP contribution in [0.2, 0.25) is 0 Å². The van der Waals surface area contributed by atoms with Gasteiger partial charge in [0, 0.05) is 30.1 Å². The van der Waals surface area contributed by atoms with E-state index in [1.54, 1.807) is 0 Å². The number of hydrogen-bond acceptors (Lipinski definition) is 5. The Morgan fingerprint density at radius 1 is 1.21 bits per heavy atom. The zero-order valence-corrected chi connectivity index (χ0v) is 9.59. The van der Waals surface area contributed by atoms with E-state index in [1.165, 1.54) is 36.9 Å². The lowest BCUT2D eigenvalue weighted by Crippen LogP contribution is -2.28. The molecule has 0 atom stereocenters. The van der Waals surface area contributed by atoms with Crippen LogP contribution in [0, 0.1) is 17.8 Å². The highest BCUT2D eigenvalue weighted by Gasteiger charge is 1.96. The number of anilines is 1. The van der Waals surface area contributed by atoms with Gasteiger partial charge < -0.3 is 0 Å². The van der Waals surface area contributed by atoms with Crippen molar-refractivity contribution < 1.29 is 9.18 Å². The molecular weight excluding hydrogens is 249 g/mol. The van der Waals surface area contributed by atoms with Crippen LogP contribution in [0.3, 0.4) is 0 Å². The first-order valence-electron chi connectivity index (χ1n) is 5.19. The average Bonchev–Trinajstić information content (AvgIpc) is 2.45. The maximum absolute atomic E-state index is 12.5. The van der Waals surface area contributed by atoms with Gasteiger partial charge in [0.15, 0.2) is 5.82 Å². The highest BCUT2D eigenvalue weighted by molar-refractivity contribution is 5.94. The van der Waals surface area contributed by atoms with Gasteiger partial charge in [0.1, 0.15) is 0 Å². The van der Waals surface area contributed by atoms with E-state index in [0.29, 0.717) is 11.4 Å². The van der Waals surface area contributed by atoms with E-state index in [0.717, 1.165) is 0 Å². The van der Waals surface area contributed by atoms with Crippen molar-refractivity contribution in [3.63, 3.8) is 0 Å². The molecule has 0 unspecified atom stereocenters. The standard InChI is InChI=1S/C12H8FN5O/c13-10-3-1-9(7-16-10)2-4-12(19)18-17-11-8-14-5-6-15-11/h1,3,5-8H,(H,15,17)(H,18,19).